The Hall–Kier alpha value is -1.10. The van der Waals surface area contributed by atoms with Crippen molar-refractivity contribution in [3.05, 3.63) is 0 Å². The molecule has 1 atom stereocenters. The van der Waals surface area contributed by atoms with Gasteiger partial charge in [-0.25, -0.2) is 0 Å². The Kier molecular flexibility index (Phi) is 3.88. The van der Waals surface area contributed by atoms with Gasteiger partial charge in [-0.1, -0.05) is 0 Å². The maximum Gasteiger partial charge on any atom is 0.325 e. The molecule has 1 aliphatic rings. The van der Waals surface area contributed by atoms with Crippen molar-refractivity contribution in [2.24, 2.45) is 5.92 Å². The summed E-state index contributed by atoms with van der Waals surface area (Å²) in [6.45, 7) is 2.50. The lowest BCUT2D eigenvalue weighted by Gasteiger charge is -2.09. The summed E-state index contributed by atoms with van der Waals surface area (Å²) < 4.78 is 0. The molecule has 0 bridgehead atoms. The number of aliphatic carboxylic acids is 1. The highest BCUT2D eigenvalue weighted by Crippen LogP contribution is 2.27. The molecule has 0 aliphatic heterocycles. The third-order valence-corrected chi connectivity index (χ3v) is 2.16. The summed E-state index contributed by atoms with van der Waals surface area (Å²) in [6, 6.07) is -0.815. The number of hydrogen-bond acceptors (Lipinski definition) is 3. The van der Waals surface area contributed by atoms with Crippen molar-refractivity contribution in [3.63, 3.8) is 0 Å². The minimum atomic E-state index is -1.01. The fourth-order valence-electron chi connectivity index (χ4n) is 1.07. The molecule has 3 N–H and O–H groups in total. The first-order valence-electron chi connectivity index (χ1n) is 4.82. The van der Waals surface area contributed by atoms with E-state index in [4.69, 9.17) is 5.11 Å². The van der Waals surface area contributed by atoms with E-state index in [1.165, 1.54) is 19.8 Å². The lowest BCUT2D eigenvalue weighted by atomic mass is 10.3. The van der Waals surface area contributed by atoms with Crippen molar-refractivity contribution < 1.29 is 14.7 Å². The van der Waals surface area contributed by atoms with E-state index in [9.17, 15) is 9.59 Å². The first kappa shape index (κ1) is 11.0. The summed E-state index contributed by atoms with van der Waals surface area (Å²) in [7, 11) is 0. The normalized spacial score (nSPS) is 17.5. The lowest BCUT2D eigenvalue weighted by Crippen LogP contribution is -2.43. The van der Waals surface area contributed by atoms with Crippen molar-refractivity contribution in [3.8, 4) is 0 Å². The Morgan fingerprint density at radius 1 is 1.50 bits per heavy atom. The second kappa shape index (κ2) is 4.95. The molecule has 80 valence electrons. The summed E-state index contributed by atoms with van der Waals surface area (Å²) in [6.07, 6.45) is 2.47. The summed E-state index contributed by atoms with van der Waals surface area (Å²) in [5, 5.41) is 13.9. The zero-order chi connectivity index (χ0) is 10.6. The van der Waals surface area contributed by atoms with Crippen molar-refractivity contribution in [1.82, 2.24) is 10.6 Å². The predicted molar refractivity (Wildman–Crippen MR) is 50.8 cm³/mol. The Balaban J connectivity index is 2.05. The number of carbonyl (C=O) groups excluding carboxylic acids is 1. The molecule has 1 aliphatic carbocycles. The molecule has 0 aromatic rings. The number of rotatable bonds is 6. The highest BCUT2D eigenvalue weighted by atomic mass is 16.4. The van der Waals surface area contributed by atoms with Gasteiger partial charge < -0.3 is 15.7 Å². The zero-order valence-corrected chi connectivity index (χ0v) is 8.25. The standard InChI is InChI=1S/C9H16N2O3/c1-6(9(13)14)11-8(12)5-10-4-7-2-3-7/h6-7,10H,2-5H2,1H3,(H,11,12)(H,13,14)/t6-/m1/s1. The van der Waals surface area contributed by atoms with Gasteiger partial charge in [0.2, 0.25) is 5.91 Å². The SMILES string of the molecule is C[C@@H](NC(=O)CNCC1CC1)C(=O)O. The Bertz CT molecular complexity index is 226. The van der Waals surface area contributed by atoms with Crippen LogP contribution in [0.1, 0.15) is 19.8 Å². The van der Waals surface area contributed by atoms with E-state index in [1.807, 2.05) is 0 Å². The number of amides is 1. The summed E-state index contributed by atoms with van der Waals surface area (Å²) in [5.74, 6) is -0.555. The van der Waals surface area contributed by atoms with E-state index >= 15 is 0 Å². The topological polar surface area (TPSA) is 78.4 Å². The molecular weight excluding hydrogens is 184 g/mol. The molecule has 0 radical (unpaired) electrons. The quantitative estimate of drug-likeness (QED) is 0.544. The van der Waals surface area contributed by atoms with E-state index in [0.29, 0.717) is 0 Å². The van der Waals surface area contributed by atoms with Crippen LogP contribution in [0.25, 0.3) is 0 Å². The fourth-order valence-corrected chi connectivity index (χ4v) is 1.07. The van der Waals surface area contributed by atoms with Crippen LogP contribution in [0.5, 0.6) is 0 Å². The third kappa shape index (κ3) is 4.23. The van der Waals surface area contributed by atoms with E-state index in [2.05, 4.69) is 10.6 Å². The average Bonchev–Trinajstić information content (AvgIpc) is 2.87. The highest BCUT2D eigenvalue weighted by Gasteiger charge is 2.21. The molecule has 5 nitrogen and oxygen atoms in total. The third-order valence-electron chi connectivity index (χ3n) is 2.16. The lowest BCUT2D eigenvalue weighted by molar-refractivity contribution is -0.141. The molecule has 0 spiro atoms. The first-order chi connectivity index (χ1) is 6.59. The van der Waals surface area contributed by atoms with E-state index < -0.39 is 12.0 Å². The molecule has 5 heteroatoms. The summed E-state index contributed by atoms with van der Waals surface area (Å²) in [4.78, 5) is 21.5. The Labute approximate surface area is 82.9 Å². The van der Waals surface area contributed by atoms with Crippen molar-refractivity contribution in [1.29, 1.82) is 0 Å². The van der Waals surface area contributed by atoms with Crippen LogP contribution in [0.4, 0.5) is 0 Å². The molecule has 14 heavy (non-hydrogen) atoms. The van der Waals surface area contributed by atoms with Gasteiger partial charge >= 0.3 is 5.97 Å². The molecule has 1 fully saturated rings. The average molecular weight is 200 g/mol. The van der Waals surface area contributed by atoms with Crippen LogP contribution in [0.15, 0.2) is 0 Å². The number of carboxylic acid groups (broad SMARTS) is 1. The van der Waals surface area contributed by atoms with Gasteiger partial charge in [-0.05, 0) is 32.2 Å². The Morgan fingerprint density at radius 2 is 2.14 bits per heavy atom. The molecule has 0 aromatic heterocycles. The van der Waals surface area contributed by atoms with Gasteiger partial charge in [0.15, 0.2) is 0 Å². The van der Waals surface area contributed by atoms with Crippen LogP contribution in [0, 0.1) is 5.92 Å². The molecule has 0 saturated heterocycles. The second-order valence-electron chi connectivity index (χ2n) is 3.70. The summed E-state index contributed by atoms with van der Waals surface area (Å²) >= 11 is 0. The van der Waals surface area contributed by atoms with Crippen LogP contribution in [-0.2, 0) is 9.59 Å². The van der Waals surface area contributed by atoms with Crippen molar-refractivity contribution >= 4 is 11.9 Å². The van der Waals surface area contributed by atoms with Gasteiger partial charge in [-0.15, -0.1) is 0 Å². The largest absolute Gasteiger partial charge is 0.480 e. The molecule has 0 aromatic carbocycles. The summed E-state index contributed by atoms with van der Waals surface area (Å²) in [5.41, 5.74) is 0. The van der Waals surface area contributed by atoms with Crippen molar-refractivity contribution in [2.75, 3.05) is 13.1 Å². The zero-order valence-electron chi connectivity index (χ0n) is 8.25. The van der Waals surface area contributed by atoms with Crippen LogP contribution in [0.2, 0.25) is 0 Å². The van der Waals surface area contributed by atoms with Gasteiger partial charge in [-0.2, -0.15) is 0 Å². The fraction of sp³-hybridized carbons (Fsp3) is 0.778. The van der Waals surface area contributed by atoms with Crippen LogP contribution < -0.4 is 10.6 Å². The highest BCUT2D eigenvalue weighted by molar-refractivity contribution is 5.84. The van der Waals surface area contributed by atoms with Crippen molar-refractivity contribution in [2.45, 2.75) is 25.8 Å². The van der Waals surface area contributed by atoms with Gasteiger partial charge in [0.05, 0.1) is 6.54 Å². The molecule has 1 saturated carbocycles. The minimum Gasteiger partial charge on any atom is -0.480 e. The van der Waals surface area contributed by atoms with Crippen LogP contribution in [0.3, 0.4) is 0 Å². The molecule has 0 heterocycles. The minimum absolute atomic E-state index is 0.203. The van der Waals surface area contributed by atoms with Gasteiger partial charge in [0, 0.05) is 0 Å². The van der Waals surface area contributed by atoms with E-state index in [-0.39, 0.29) is 12.5 Å². The molecule has 0 unspecified atom stereocenters. The van der Waals surface area contributed by atoms with Crippen LogP contribution >= 0.6 is 0 Å². The number of nitrogens with one attached hydrogen (secondary N) is 2. The smallest absolute Gasteiger partial charge is 0.325 e. The maximum atomic E-state index is 11.1. The van der Waals surface area contributed by atoms with Gasteiger partial charge in [-0.3, -0.25) is 9.59 Å². The van der Waals surface area contributed by atoms with Gasteiger partial charge in [0.25, 0.3) is 0 Å². The van der Waals surface area contributed by atoms with E-state index in [1.54, 1.807) is 0 Å². The second-order valence-corrected chi connectivity index (χ2v) is 3.70. The molecule has 1 amide bonds. The van der Waals surface area contributed by atoms with E-state index in [0.717, 1.165) is 12.5 Å². The van der Waals surface area contributed by atoms with Gasteiger partial charge in [0.1, 0.15) is 6.04 Å². The monoisotopic (exact) mass is 200 g/mol. The first-order valence-corrected chi connectivity index (χ1v) is 4.82. The Morgan fingerprint density at radius 3 is 2.64 bits per heavy atom. The molecular formula is C9H16N2O3. The van der Waals surface area contributed by atoms with Crippen LogP contribution in [-0.4, -0.2) is 36.1 Å². The number of carboxylic acids is 1. The number of hydrogen-bond donors (Lipinski definition) is 3. The molecule has 1 rings (SSSR count). The number of carbonyl (C=O) groups is 2. The maximum absolute atomic E-state index is 11.1. The predicted octanol–water partition coefficient (Wildman–Crippen LogP) is -0.425.